The Labute approximate surface area is 176 Å². The molecule has 0 bridgehead atoms. The third-order valence-electron chi connectivity index (χ3n) is 4.56. The first-order valence-corrected chi connectivity index (χ1v) is 9.55. The van der Waals surface area contributed by atoms with Gasteiger partial charge >= 0.3 is 12.1 Å². The maximum Gasteiger partial charge on any atom is 0.389 e. The van der Waals surface area contributed by atoms with Crippen LogP contribution < -0.4 is 5.32 Å². The minimum absolute atomic E-state index is 0.0423. The van der Waals surface area contributed by atoms with E-state index < -0.39 is 36.5 Å². The van der Waals surface area contributed by atoms with Crippen LogP contribution in [-0.2, 0) is 4.79 Å². The van der Waals surface area contributed by atoms with Crippen LogP contribution in [0.5, 0.6) is 0 Å². The van der Waals surface area contributed by atoms with Gasteiger partial charge in [-0.2, -0.15) is 13.2 Å². The number of rotatable bonds is 9. The summed E-state index contributed by atoms with van der Waals surface area (Å²) in [6, 6.07) is 12.0. The Bertz CT molecular complexity index is 854. The van der Waals surface area contributed by atoms with E-state index in [1.165, 1.54) is 24.3 Å². The van der Waals surface area contributed by atoms with Crippen molar-refractivity contribution in [3.05, 3.63) is 70.2 Å². The first-order chi connectivity index (χ1) is 14.1. The molecule has 9 heteroatoms. The lowest BCUT2D eigenvalue weighted by atomic mass is 9.85. The number of carboxylic acid groups (broad SMARTS) is 1. The molecule has 0 aliphatic carbocycles. The number of carbonyl (C=O) groups excluding carboxylic acids is 1. The summed E-state index contributed by atoms with van der Waals surface area (Å²) in [4.78, 5) is 22.5. The van der Waals surface area contributed by atoms with E-state index in [9.17, 15) is 27.9 Å². The normalized spacial score (nSPS) is 13.5. The standard InChI is InChI=1S/C21H21ClF3NO4/c22-16-7-5-14(6-8-16)19(29)17(9-11-21(23,24)25)13-1-3-15(4-2-13)20(30)26-12-10-18(27)28/h1-8,17,19,29H,9-12H2,(H,26,30)(H,27,28). The molecule has 0 heterocycles. The fourth-order valence-corrected chi connectivity index (χ4v) is 3.11. The zero-order valence-corrected chi connectivity index (χ0v) is 16.6. The summed E-state index contributed by atoms with van der Waals surface area (Å²) in [6.07, 6.45) is -7.20. The van der Waals surface area contributed by atoms with Gasteiger partial charge < -0.3 is 15.5 Å². The van der Waals surface area contributed by atoms with E-state index in [1.54, 1.807) is 24.3 Å². The SMILES string of the molecule is O=C(O)CCNC(=O)c1ccc(C(CCC(F)(F)F)C(O)c2ccc(Cl)cc2)cc1. The second kappa shape index (κ2) is 10.4. The predicted molar refractivity (Wildman–Crippen MR) is 105 cm³/mol. The average Bonchev–Trinajstić information content (AvgIpc) is 2.67. The summed E-state index contributed by atoms with van der Waals surface area (Å²) >= 11 is 5.83. The predicted octanol–water partition coefficient (Wildman–Crippen LogP) is 4.70. The molecule has 2 rings (SSSR count). The number of hydrogen-bond acceptors (Lipinski definition) is 3. The Hall–Kier alpha value is -2.58. The number of aliphatic hydroxyl groups excluding tert-OH is 1. The van der Waals surface area contributed by atoms with Crippen molar-refractivity contribution >= 4 is 23.5 Å². The zero-order valence-electron chi connectivity index (χ0n) is 15.8. The molecule has 0 saturated heterocycles. The van der Waals surface area contributed by atoms with Crippen molar-refractivity contribution in [3.63, 3.8) is 0 Å². The van der Waals surface area contributed by atoms with Gasteiger partial charge in [0.1, 0.15) is 0 Å². The molecule has 5 nitrogen and oxygen atoms in total. The van der Waals surface area contributed by atoms with Gasteiger partial charge in [0.05, 0.1) is 12.5 Å². The highest BCUT2D eigenvalue weighted by Crippen LogP contribution is 2.38. The van der Waals surface area contributed by atoms with Crippen LogP contribution in [0.2, 0.25) is 5.02 Å². The van der Waals surface area contributed by atoms with Crippen LogP contribution in [-0.4, -0.2) is 34.8 Å². The summed E-state index contributed by atoms with van der Waals surface area (Å²) in [5.74, 6) is -2.39. The van der Waals surface area contributed by atoms with Crippen molar-refractivity contribution in [2.45, 2.75) is 37.5 Å². The van der Waals surface area contributed by atoms with Gasteiger partial charge in [-0.05, 0) is 41.8 Å². The minimum atomic E-state index is -4.37. The highest BCUT2D eigenvalue weighted by Gasteiger charge is 2.31. The van der Waals surface area contributed by atoms with Gasteiger partial charge in [-0.3, -0.25) is 9.59 Å². The monoisotopic (exact) mass is 443 g/mol. The van der Waals surface area contributed by atoms with Crippen LogP contribution in [0.4, 0.5) is 13.2 Å². The first-order valence-electron chi connectivity index (χ1n) is 9.17. The number of carbonyl (C=O) groups is 2. The van der Waals surface area contributed by atoms with Gasteiger partial charge in [-0.15, -0.1) is 0 Å². The van der Waals surface area contributed by atoms with Crippen LogP contribution in [0.3, 0.4) is 0 Å². The number of alkyl halides is 3. The Morgan fingerprint density at radius 3 is 2.10 bits per heavy atom. The topological polar surface area (TPSA) is 86.6 Å². The minimum Gasteiger partial charge on any atom is -0.481 e. The molecule has 3 N–H and O–H groups in total. The molecule has 0 fully saturated rings. The second-order valence-corrected chi connectivity index (χ2v) is 7.21. The van der Waals surface area contributed by atoms with Gasteiger partial charge in [0.25, 0.3) is 5.91 Å². The molecule has 0 aromatic heterocycles. The van der Waals surface area contributed by atoms with Gasteiger partial charge in [0, 0.05) is 29.5 Å². The van der Waals surface area contributed by atoms with E-state index in [1.807, 2.05) is 0 Å². The molecule has 30 heavy (non-hydrogen) atoms. The Morgan fingerprint density at radius 1 is 1.00 bits per heavy atom. The van der Waals surface area contributed by atoms with E-state index in [0.717, 1.165) is 0 Å². The van der Waals surface area contributed by atoms with Gasteiger partial charge in [-0.25, -0.2) is 0 Å². The highest BCUT2D eigenvalue weighted by molar-refractivity contribution is 6.30. The lowest BCUT2D eigenvalue weighted by molar-refractivity contribution is -0.138. The Morgan fingerprint density at radius 2 is 1.57 bits per heavy atom. The second-order valence-electron chi connectivity index (χ2n) is 6.78. The molecule has 2 aromatic carbocycles. The lowest BCUT2D eigenvalue weighted by Crippen LogP contribution is -2.26. The Balaban J connectivity index is 2.19. The van der Waals surface area contributed by atoms with Crippen LogP contribution in [0.1, 0.15) is 52.8 Å². The van der Waals surface area contributed by atoms with Gasteiger partial charge in [0.15, 0.2) is 0 Å². The van der Waals surface area contributed by atoms with Crippen molar-refractivity contribution in [1.82, 2.24) is 5.32 Å². The molecule has 162 valence electrons. The van der Waals surface area contributed by atoms with E-state index >= 15 is 0 Å². The molecule has 1 amide bonds. The molecular formula is C21H21ClF3NO4. The highest BCUT2D eigenvalue weighted by atomic mass is 35.5. The number of amides is 1. The molecule has 2 atom stereocenters. The fourth-order valence-electron chi connectivity index (χ4n) is 2.98. The van der Waals surface area contributed by atoms with Crippen LogP contribution in [0.25, 0.3) is 0 Å². The van der Waals surface area contributed by atoms with Crippen LogP contribution in [0.15, 0.2) is 48.5 Å². The molecule has 0 aliphatic rings. The number of halogens is 4. The van der Waals surface area contributed by atoms with Crippen molar-refractivity contribution in [2.24, 2.45) is 0 Å². The number of carboxylic acids is 1. The molecule has 0 spiro atoms. The summed E-state index contributed by atoms with van der Waals surface area (Å²) in [5.41, 5.74) is 1.12. The molecule has 0 radical (unpaired) electrons. The van der Waals surface area contributed by atoms with E-state index in [-0.39, 0.29) is 24.9 Å². The molecule has 2 aromatic rings. The van der Waals surface area contributed by atoms with Gasteiger partial charge in [0.2, 0.25) is 0 Å². The van der Waals surface area contributed by atoms with Crippen molar-refractivity contribution in [2.75, 3.05) is 6.54 Å². The maximum absolute atomic E-state index is 12.8. The Kier molecular flexibility index (Phi) is 8.25. The summed E-state index contributed by atoms with van der Waals surface area (Å²) in [5, 5.41) is 22.2. The number of aliphatic carboxylic acids is 1. The molecule has 0 saturated carbocycles. The van der Waals surface area contributed by atoms with E-state index in [0.29, 0.717) is 16.1 Å². The molecule has 0 aliphatic heterocycles. The number of benzene rings is 2. The number of hydrogen-bond donors (Lipinski definition) is 3. The smallest absolute Gasteiger partial charge is 0.389 e. The van der Waals surface area contributed by atoms with Crippen molar-refractivity contribution in [3.8, 4) is 0 Å². The average molecular weight is 444 g/mol. The quantitative estimate of drug-likeness (QED) is 0.524. The largest absolute Gasteiger partial charge is 0.481 e. The summed E-state index contributed by atoms with van der Waals surface area (Å²) in [7, 11) is 0. The van der Waals surface area contributed by atoms with Crippen LogP contribution in [0, 0.1) is 0 Å². The van der Waals surface area contributed by atoms with Crippen molar-refractivity contribution in [1.29, 1.82) is 0 Å². The van der Waals surface area contributed by atoms with Crippen molar-refractivity contribution < 1.29 is 33.0 Å². The van der Waals surface area contributed by atoms with E-state index in [4.69, 9.17) is 16.7 Å². The molecular weight excluding hydrogens is 423 g/mol. The lowest BCUT2D eigenvalue weighted by Gasteiger charge is -2.25. The zero-order chi connectivity index (χ0) is 22.3. The molecule has 2 unspecified atom stereocenters. The summed E-state index contributed by atoms with van der Waals surface area (Å²) in [6.45, 7) is -0.0423. The summed E-state index contributed by atoms with van der Waals surface area (Å²) < 4.78 is 38.4. The third kappa shape index (κ3) is 7.35. The number of aliphatic hydroxyl groups is 1. The van der Waals surface area contributed by atoms with Crippen LogP contribution >= 0.6 is 11.6 Å². The van der Waals surface area contributed by atoms with Gasteiger partial charge in [-0.1, -0.05) is 35.9 Å². The maximum atomic E-state index is 12.8. The first kappa shape index (κ1) is 23.7. The fraction of sp³-hybridized carbons (Fsp3) is 0.333. The number of nitrogens with one attached hydrogen (secondary N) is 1. The van der Waals surface area contributed by atoms with E-state index in [2.05, 4.69) is 5.32 Å². The third-order valence-corrected chi connectivity index (χ3v) is 4.81.